The maximum atomic E-state index is 12.2. The molecular weight excluding hydrogens is 370 g/mol. The Morgan fingerprint density at radius 2 is 2.22 bits per heavy atom. The van der Waals surface area contributed by atoms with Crippen molar-refractivity contribution < 1.29 is 21.8 Å². The van der Waals surface area contributed by atoms with E-state index in [9.17, 15) is 13.2 Å². The molecule has 0 fully saturated rings. The van der Waals surface area contributed by atoms with Crippen LogP contribution in [0.1, 0.15) is 30.0 Å². The summed E-state index contributed by atoms with van der Waals surface area (Å²) in [7, 11) is -4.23. The molecule has 0 N–H and O–H groups in total. The van der Waals surface area contributed by atoms with Crippen LogP contribution >= 0.6 is 0 Å². The molecule has 0 aliphatic carbocycles. The van der Waals surface area contributed by atoms with E-state index in [0.29, 0.717) is 30.6 Å². The molecule has 0 unspecified atom stereocenters. The van der Waals surface area contributed by atoms with Gasteiger partial charge in [0, 0.05) is 17.4 Å². The van der Waals surface area contributed by atoms with Crippen molar-refractivity contribution in [2.75, 3.05) is 13.2 Å². The third kappa shape index (κ3) is 4.09. The molecule has 1 aliphatic rings. The molecule has 0 bridgehead atoms. The minimum Gasteiger partial charge on any atom is -0.422 e. The Labute approximate surface area is 156 Å². The predicted octanol–water partition coefficient (Wildman–Crippen LogP) is 2.65. The molecule has 2 heterocycles. The monoisotopic (exact) mass is 385 g/mol. The van der Waals surface area contributed by atoms with Crippen molar-refractivity contribution in [3.63, 3.8) is 0 Å². The van der Waals surface area contributed by atoms with Crippen molar-refractivity contribution in [2.45, 2.75) is 20.0 Å². The van der Waals surface area contributed by atoms with Crippen molar-refractivity contribution in [3.05, 3.63) is 61.8 Å². The average molecular weight is 385 g/mol. The molecule has 138 valence electrons. The van der Waals surface area contributed by atoms with E-state index in [2.05, 4.69) is 20.9 Å². The van der Waals surface area contributed by atoms with Gasteiger partial charge in [-0.2, -0.15) is 0 Å². The number of benzene rings is 1. The number of hydrogen-bond donors (Lipinski definition) is 0. The predicted molar refractivity (Wildman–Crippen MR) is 98.8 cm³/mol. The zero-order valence-electron chi connectivity index (χ0n) is 14.4. The number of rotatable bonds is 4. The van der Waals surface area contributed by atoms with Crippen LogP contribution in [-0.2, 0) is 25.6 Å². The van der Waals surface area contributed by atoms with E-state index in [-0.39, 0.29) is 12.2 Å². The van der Waals surface area contributed by atoms with Crippen molar-refractivity contribution in [1.82, 2.24) is 0 Å². The molecule has 1 aromatic carbocycles. The fourth-order valence-electron chi connectivity index (χ4n) is 2.54. The highest BCUT2D eigenvalue weighted by Crippen LogP contribution is 2.23. The first kappa shape index (κ1) is 18.9. The summed E-state index contributed by atoms with van der Waals surface area (Å²) < 4.78 is 39.3. The third-order valence-corrected chi connectivity index (χ3v) is 5.02. The number of hydrogen-bond acceptors (Lipinski definition) is 6. The van der Waals surface area contributed by atoms with Crippen LogP contribution in [0.3, 0.4) is 0 Å². The van der Waals surface area contributed by atoms with Crippen LogP contribution in [0.25, 0.3) is 21.9 Å². The van der Waals surface area contributed by atoms with E-state index in [4.69, 9.17) is 15.7 Å². The second-order valence-corrected chi connectivity index (χ2v) is 7.16. The van der Waals surface area contributed by atoms with Crippen LogP contribution in [-0.4, -0.2) is 21.6 Å². The summed E-state index contributed by atoms with van der Waals surface area (Å²) in [6.07, 6.45) is 1.58. The summed E-state index contributed by atoms with van der Waals surface area (Å²) in [5.74, 6) is 6.01. The van der Waals surface area contributed by atoms with Gasteiger partial charge in [0.15, 0.2) is 0 Å². The Kier molecular flexibility index (Phi) is 5.43. The third-order valence-electron chi connectivity index (χ3n) is 3.76. The number of ether oxygens (including phenoxy) is 1. The van der Waals surface area contributed by atoms with Crippen LogP contribution in [0.15, 0.2) is 32.4 Å². The van der Waals surface area contributed by atoms with Gasteiger partial charge in [-0.25, -0.2) is 18.1 Å². The molecule has 1 aliphatic heterocycles. The maximum Gasteiger partial charge on any atom is 0.342 e. The quantitative estimate of drug-likeness (QED) is 0.348. The summed E-state index contributed by atoms with van der Waals surface area (Å²) in [5.41, 5.74) is 1.06. The van der Waals surface area contributed by atoms with Gasteiger partial charge in [-0.1, -0.05) is 11.8 Å². The van der Waals surface area contributed by atoms with Crippen LogP contribution in [0.2, 0.25) is 0 Å². The van der Waals surface area contributed by atoms with Gasteiger partial charge in [-0.05, 0) is 36.8 Å². The van der Waals surface area contributed by atoms with Crippen LogP contribution in [0.4, 0.5) is 0 Å². The molecule has 7 nitrogen and oxygen atoms in total. The largest absolute Gasteiger partial charge is 0.422 e. The molecule has 0 radical (unpaired) electrons. The molecule has 0 saturated carbocycles. The van der Waals surface area contributed by atoms with Gasteiger partial charge < -0.3 is 9.15 Å². The molecule has 0 spiro atoms. The fraction of sp³-hybridized carbons (Fsp3) is 0.263. The Bertz CT molecular complexity index is 1190. The van der Waals surface area contributed by atoms with Gasteiger partial charge in [-0.15, -0.1) is 0 Å². The Morgan fingerprint density at radius 1 is 1.41 bits per heavy atom. The highest BCUT2D eigenvalue weighted by molar-refractivity contribution is 7.91. The van der Waals surface area contributed by atoms with Crippen molar-refractivity contribution in [1.29, 1.82) is 0 Å². The van der Waals surface area contributed by atoms with E-state index >= 15 is 0 Å². The first-order valence-electron chi connectivity index (χ1n) is 8.10. The van der Waals surface area contributed by atoms with Crippen LogP contribution < -0.4 is 5.63 Å². The molecule has 27 heavy (non-hydrogen) atoms. The smallest absolute Gasteiger partial charge is 0.342 e. The first-order valence-corrected chi connectivity index (χ1v) is 9.51. The molecule has 1 aromatic heterocycles. The minimum absolute atomic E-state index is 0.0606. The average Bonchev–Trinajstić information content (AvgIpc) is 2.60. The molecule has 0 atom stereocenters. The van der Waals surface area contributed by atoms with Crippen LogP contribution in [0, 0.1) is 18.4 Å². The van der Waals surface area contributed by atoms with Crippen molar-refractivity contribution in [2.24, 2.45) is 0 Å². The molecule has 2 aromatic rings. The summed E-state index contributed by atoms with van der Waals surface area (Å²) in [6.45, 7) is 9.36. The topological polar surface area (TPSA) is 87.2 Å². The van der Waals surface area contributed by atoms with Gasteiger partial charge in [0.05, 0.1) is 32.0 Å². The lowest BCUT2D eigenvalue weighted by Gasteiger charge is -2.10. The SMILES string of the molecule is [C-]#[N+]C(=Cc1cc2cc3c(cc2oc1=O)C#CCCOC3)S(=O)(=O)OCC. The second kappa shape index (κ2) is 7.77. The molecule has 0 saturated heterocycles. The van der Waals surface area contributed by atoms with Crippen molar-refractivity contribution >= 4 is 27.2 Å². The van der Waals surface area contributed by atoms with Gasteiger partial charge in [-0.3, -0.25) is 4.18 Å². The molecule has 3 rings (SSSR count). The van der Waals surface area contributed by atoms with E-state index in [0.717, 1.165) is 17.2 Å². The zero-order chi connectivity index (χ0) is 19.4. The maximum absolute atomic E-state index is 12.2. The Hall–Kier alpha value is -2.91. The summed E-state index contributed by atoms with van der Waals surface area (Å²) in [5, 5.41) is -0.111. The fourth-order valence-corrected chi connectivity index (χ4v) is 3.35. The molecular formula is C19H15NO6S. The normalized spacial score (nSPS) is 14.4. The number of nitrogens with zero attached hydrogens (tertiary/aromatic N) is 1. The first-order chi connectivity index (χ1) is 12.9. The summed E-state index contributed by atoms with van der Waals surface area (Å²) >= 11 is 0. The van der Waals surface area contributed by atoms with Crippen molar-refractivity contribution in [3.8, 4) is 11.8 Å². The Balaban J connectivity index is 2.15. The van der Waals surface area contributed by atoms with E-state index in [1.165, 1.54) is 13.0 Å². The van der Waals surface area contributed by atoms with E-state index in [1.54, 1.807) is 12.1 Å². The van der Waals surface area contributed by atoms with E-state index in [1.807, 2.05) is 0 Å². The highest BCUT2D eigenvalue weighted by Gasteiger charge is 2.20. The van der Waals surface area contributed by atoms with Gasteiger partial charge in [0.1, 0.15) is 5.58 Å². The zero-order valence-corrected chi connectivity index (χ0v) is 15.3. The second-order valence-electron chi connectivity index (χ2n) is 5.60. The Morgan fingerprint density at radius 3 is 2.96 bits per heavy atom. The van der Waals surface area contributed by atoms with E-state index < -0.39 is 20.8 Å². The lowest BCUT2D eigenvalue weighted by Crippen LogP contribution is -2.09. The standard InChI is InChI=1S/C19H15NO6S/c1-3-25-27(22,23)18(20-2)11-15-8-14-9-16-12-24-7-5-4-6-13(16)10-17(14)26-19(15)21/h8-11H,3,5,7,12H2,1H3. The number of fused-ring (bicyclic) bond motifs is 2. The molecule has 8 heteroatoms. The van der Waals surface area contributed by atoms with Gasteiger partial charge in [0.25, 0.3) is 0 Å². The lowest BCUT2D eigenvalue weighted by molar-refractivity contribution is 0.126. The molecule has 0 amide bonds. The minimum atomic E-state index is -4.23. The van der Waals surface area contributed by atoms with Gasteiger partial charge in [0.2, 0.25) is 0 Å². The highest BCUT2D eigenvalue weighted by atomic mass is 32.2. The van der Waals surface area contributed by atoms with Gasteiger partial charge >= 0.3 is 20.8 Å². The summed E-state index contributed by atoms with van der Waals surface area (Å²) in [6, 6.07) is 4.91. The summed E-state index contributed by atoms with van der Waals surface area (Å²) in [4.78, 5) is 15.2. The lowest BCUT2D eigenvalue weighted by atomic mass is 10.0. The van der Waals surface area contributed by atoms with Crippen LogP contribution in [0.5, 0.6) is 0 Å².